The van der Waals surface area contributed by atoms with E-state index in [2.05, 4.69) is 10.6 Å². The topological polar surface area (TPSA) is 41.1 Å². The molecule has 1 fully saturated rings. The smallest absolute Gasteiger partial charge is 0.375 e. The largest absolute Gasteiger partial charge is 0.416 e. The van der Waals surface area contributed by atoms with Crippen molar-refractivity contribution in [1.82, 2.24) is 10.6 Å². The third kappa shape index (κ3) is 3.85. The predicted octanol–water partition coefficient (Wildman–Crippen LogP) is 2.26. The van der Waals surface area contributed by atoms with E-state index in [4.69, 9.17) is 0 Å². The van der Waals surface area contributed by atoms with E-state index in [1.165, 1.54) is 12.1 Å². The van der Waals surface area contributed by atoms with Crippen LogP contribution in [-0.4, -0.2) is 18.5 Å². The molecule has 1 saturated heterocycles. The van der Waals surface area contributed by atoms with E-state index in [0.29, 0.717) is 25.2 Å². The molecule has 1 aromatic rings. The Hall–Kier alpha value is -1.78. The Morgan fingerprint density at radius 3 is 2.55 bits per heavy atom. The van der Waals surface area contributed by atoms with Gasteiger partial charge in [-0.1, -0.05) is 12.1 Å². The maximum absolute atomic E-state index is 12.4. The highest BCUT2D eigenvalue weighted by atomic mass is 19.4. The van der Waals surface area contributed by atoms with Gasteiger partial charge in [0.1, 0.15) is 5.94 Å². The molecular formula is C14H15F3N2O. The molecule has 0 aromatic heterocycles. The minimum atomic E-state index is -4.29. The van der Waals surface area contributed by atoms with E-state index in [9.17, 15) is 18.0 Å². The maximum atomic E-state index is 12.4. The number of carbonyl (C=O) groups excluding carboxylic acids is 1. The van der Waals surface area contributed by atoms with E-state index >= 15 is 0 Å². The van der Waals surface area contributed by atoms with Gasteiger partial charge in [-0.05, 0) is 24.1 Å². The predicted molar refractivity (Wildman–Crippen MR) is 68.5 cm³/mol. The second-order valence-electron chi connectivity index (χ2n) is 4.79. The lowest BCUT2D eigenvalue weighted by Gasteiger charge is -2.12. The molecule has 1 aliphatic rings. The van der Waals surface area contributed by atoms with Crippen LogP contribution in [0.2, 0.25) is 0 Å². The van der Waals surface area contributed by atoms with E-state index in [-0.39, 0.29) is 6.04 Å². The average Bonchev–Trinajstić information content (AvgIpc) is 2.86. The van der Waals surface area contributed by atoms with Gasteiger partial charge < -0.3 is 10.6 Å². The number of nitrogens with one attached hydrogen (secondary N) is 2. The zero-order chi connectivity index (χ0) is 14.6. The number of benzene rings is 1. The summed E-state index contributed by atoms with van der Waals surface area (Å²) in [7, 11) is 0. The summed E-state index contributed by atoms with van der Waals surface area (Å²) in [5, 5.41) is 6.20. The molecule has 1 heterocycles. The van der Waals surface area contributed by atoms with E-state index in [0.717, 1.165) is 24.1 Å². The number of alkyl halides is 3. The fraction of sp³-hybridized carbons (Fsp3) is 0.429. The zero-order valence-electron chi connectivity index (χ0n) is 10.8. The molecular weight excluding hydrogens is 269 g/mol. The molecule has 0 radical (unpaired) electrons. The van der Waals surface area contributed by atoms with Crippen LogP contribution in [-0.2, 0) is 17.5 Å². The first-order valence-electron chi connectivity index (χ1n) is 6.36. The Bertz CT molecular complexity index is 504. The molecule has 0 amide bonds. The first kappa shape index (κ1) is 14.6. The molecule has 2 N–H and O–H groups in total. The summed E-state index contributed by atoms with van der Waals surface area (Å²) in [6.45, 7) is 1.16. The second kappa shape index (κ2) is 6.11. The molecule has 20 heavy (non-hydrogen) atoms. The van der Waals surface area contributed by atoms with Crippen molar-refractivity contribution in [1.29, 1.82) is 0 Å². The summed E-state index contributed by atoms with van der Waals surface area (Å²) < 4.78 is 37.2. The monoisotopic (exact) mass is 284 g/mol. The number of hydrogen-bond donors (Lipinski definition) is 2. The molecule has 1 aromatic carbocycles. The van der Waals surface area contributed by atoms with Gasteiger partial charge in [-0.25, -0.2) is 4.79 Å². The first-order chi connectivity index (χ1) is 9.49. The molecule has 0 bridgehead atoms. The van der Waals surface area contributed by atoms with Crippen LogP contribution in [0.1, 0.15) is 24.0 Å². The van der Waals surface area contributed by atoms with Crippen LogP contribution >= 0.6 is 0 Å². The summed E-state index contributed by atoms with van der Waals surface area (Å²) >= 11 is 0. The maximum Gasteiger partial charge on any atom is 0.416 e. The third-order valence-electron chi connectivity index (χ3n) is 3.25. The fourth-order valence-corrected chi connectivity index (χ4v) is 2.15. The Morgan fingerprint density at radius 1 is 1.30 bits per heavy atom. The Labute approximate surface area is 114 Å². The van der Waals surface area contributed by atoms with Gasteiger partial charge in [0.05, 0.1) is 11.3 Å². The van der Waals surface area contributed by atoms with Crippen LogP contribution in [0.4, 0.5) is 13.2 Å². The molecule has 2 rings (SSSR count). The number of allylic oxidation sites excluding steroid dienone is 1. The Morgan fingerprint density at radius 2 is 2.00 bits per heavy atom. The SMILES string of the molecule is O=C=C1CCC(CNCc2ccc(C(F)(F)F)cc2)N1. The summed E-state index contributed by atoms with van der Waals surface area (Å²) in [6.07, 6.45) is -2.72. The normalized spacial score (nSPS) is 18.8. The quantitative estimate of drug-likeness (QED) is 0.833. The van der Waals surface area contributed by atoms with Crippen molar-refractivity contribution < 1.29 is 18.0 Å². The number of rotatable bonds is 4. The molecule has 0 aliphatic carbocycles. The lowest BCUT2D eigenvalue weighted by molar-refractivity contribution is -0.137. The van der Waals surface area contributed by atoms with Crippen molar-refractivity contribution in [2.75, 3.05) is 6.54 Å². The minimum Gasteiger partial charge on any atom is -0.375 e. The molecule has 6 heteroatoms. The Kier molecular flexibility index (Phi) is 4.47. The third-order valence-corrected chi connectivity index (χ3v) is 3.25. The van der Waals surface area contributed by atoms with Gasteiger partial charge in [0.15, 0.2) is 0 Å². The van der Waals surface area contributed by atoms with Crippen LogP contribution in [0.25, 0.3) is 0 Å². The highest BCUT2D eigenvalue weighted by molar-refractivity contribution is 5.52. The lowest BCUT2D eigenvalue weighted by atomic mass is 10.1. The Balaban J connectivity index is 1.79. The van der Waals surface area contributed by atoms with Crippen LogP contribution in [0.5, 0.6) is 0 Å². The summed E-state index contributed by atoms with van der Waals surface area (Å²) in [6, 6.07) is 5.28. The minimum absolute atomic E-state index is 0.181. The van der Waals surface area contributed by atoms with Crippen LogP contribution in [0, 0.1) is 0 Å². The van der Waals surface area contributed by atoms with Crippen molar-refractivity contribution in [3.05, 3.63) is 41.1 Å². The summed E-state index contributed by atoms with van der Waals surface area (Å²) in [5.41, 5.74) is 0.743. The number of hydrogen-bond acceptors (Lipinski definition) is 3. The van der Waals surface area contributed by atoms with E-state index in [1.54, 1.807) is 0 Å². The van der Waals surface area contributed by atoms with Gasteiger partial charge in [0.2, 0.25) is 0 Å². The molecule has 0 spiro atoms. The van der Waals surface area contributed by atoms with Crippen LogP contribution in [0.15, 0.2) is 30.0 Å². The second-order valence-corrected chi connectivity index (χ2v) is 4.79. The molecule has 3 nitrogen and oxygen atoms in total. The lowest BCUT2D eigenvalue weighted by Crippen LogP contribution is -2.33. The van der Waals surface area contributed by atoms with Crippen LogP contribution < -0.4 is 10.6 Å². The fourth-order valence-electron chi connectivity index (χ4n) is 2.15. The van der Waals surface area contributed by atoms with E-state index in [1.807, 2.05) is 5.94 Å². The van der Waals surface area contributed by atoms with Gasteiger partial charge >= 0.3 is 6.18 Å². The average molecular weight is 284 g/mol. The molecule has 0 saturated carbocycles. The van der Waals surface area contributed by atoms with Gasteiger partial charge in [-0.15, -0.1) is 0 Å². The zero-order valence-corrected chi connectivity index (χ0v) is 10.8. The first-order valence-corrected chi connectivity index (χ1v) is 6.36. The molecule has 1 atom stereocenters. The van der Waals surface area contributed by atoms with Gasteiger partial charge in [0, 0.05) is 25.6 Å². The molecule has 108 valence electrons. The van der Waals surface area contributed by atoms with Crippen molar-refractivity contribution in [3.63, 3.8) is 0 Å². The summed E-state index contributed by atoms with van der Waals surface area (Å²) in [5.74, 6) is 1.84. The highest BCUT2D eigenvalue weighted by Gasteiger charge is 2.29. The van der Waals surface area contributed by atoms with Gasteiger partial charge in [-0.2, -0.15) is 13.2 Å². The van der Waals surface area contributed by atoms with Crippen LogP contribution in [0.3, 0.4) is 0 Å². The van der Waals surface area contributed by atoms with E-state index < -0.39 is 11.7 Å². The van der Waals surface area contributed by atoms with Gasteiger partial charge in [-0.3, -0.25) is 0 Å². The molecule has 1 unspecified atom stereocenters. The van der Waals surface area contributed by atoms with Crippen molar-refractivity contribution in [2.24, 2.45) is 0 Å². The summed E-state index contributed by atoms with van der Waals surface area (Å²) in [4.78, 5) is 10.4. The number of halogens is 3. The highest BCUT2D eigenvalue weighted by Crippen LogP contribution is 2.29. The van der Waals surface area contributed by atoms with Crippen molar-refractivity contribution in [3.8, 4) is 0 Å². The molecule has 1 aliphatic heterocycles. The standard InChI is InChI=1S/C14H15F3N2O/c15-14(16,17)11-3-1-10(2-4-11)7-18-8-12-5-6-13(9-20)19-12/h1-4,12,18-19H,5-8H2. The van der Waals surface area contributed by atoms with Gasteiger partial charge in [0.25, 0.3) is 0 Å². The van der Waals surface area contributed by atoms with Crippen molar-refractivity contribution >= 4 is 5.94 Å². The van der Waals surface area contributed by atoms with Crippen molar-refractivity contribution in [2.45, 2.75) is 31.6 Å².